The molecule has 0 radical (unpaired) electrons. The summed E-state index contributed by atoms with van der Waals surface area (Å²) < 4.78 is 0. The molecule has 3 N–H and O–H groups in total. The van der Waals surface area contributed by atoms with Crippen molar-refractivity contribution in [2.75, 3.05) is 13.1 Å². The first-order valence-electron chi connectivity index (χ1n) is 7.29. The zero-order valence-electron chi connectivity index (χ0n) is 12.0. The Hall–Kier alpha value is -1.92. The molecule has 2 aromatic heterocycles. The highest BCUT2D eigenvalue weighted by Gasteiger charge is 2.29. The zero-order valence-corrected chi connectivity index (χ0v) is 12.0. The minimum absolute atomic E-state index is 0.156. The number of fused-ring (bicyclic) bond motifs is 1. The molecule has 112 valence electrons. The van der Waals surface area contributed by atoms with Crippen LogP contribution in [0.5, 0.6) is 0 Å². The van der Waals surface area contributed by atoms with Crippen molar-refractivity contribution in [2.24, 2.45) is 5.92 Å². The van der Waals surface area contributed by atoms with E-state index in [4.69, 9.17) is 0 Å². The number of aliphatic hydroxyl groups is 1. The molecule has 6 nitrogen and oxygen atoms in total. The number of rotatable bonds is 4. The van der Waals surface area contributed by atoms with E-state index in [1.807, 2.05) is 6.20 Å². The molecule has 1 fully saturated rings. The third-order valence-corrected chi connectivity index (χ3v) is 3.97. The molecule has 3 heterocycles. The van der Waals surface area contributed by atoms with Gasteiger partial charge in [-0.1, -0.05) is 19.1 Å². The number of aromatic amines is 2. The van der Waals surface area contributed by atoms with Crippen molar-refractivity contribution in [1.29, 1.82) is 0 Å². The lowest BCUT2D eigenvalue weighted by Crippen LogP contribution is -2.21. The van der Waals surface area contributed by atoms with Gasteiger partial charge in [-0.25, -0.2) is 4.98 Å². The van der Waals surface area contributed by atoms with Gasteiger partial charge in [0.05, 0.1) is 17.9 Å². The van der Waals surface area contributed by atoms with Gasteiger partial charge in [0, 0.05) is 37.3 Å². The molecule has 2 aromatic rings. The number of nitrogens with one attached hydrogen (secondary N) is 2. The molecule has 2 unspecified atom stereocenters. The van der Waals surface area contributed by atoms with Crippen molar-refractivity contribution >= 4 is 11.0 Å². The van der Waals surface area contributed by atoms with Crippen molar-refractivity contribution in [3.05, 3.63) is 40.6 Å². The molecular formula is C15H20N4O2. The molecule has 0 bridgehead atoms. The van der Waals surface area contributed by atoms with Gasteiger partial charge in [-0.3, -0.25) is 9.69 Å². The normalized spacial score (nSPS) is 23.5. The highest BCUT2D eigenvalue weighted by atomic mass is 16.3. The number of β-amino-alcohol motifs (C(OH)–C–C–N with tert-alkyl or cyclic N) is 1. The van der Waals surface area contributed by atoms with E-state index in [2.05, 4.69) is 38.9 Å². The van der Waals surface area contributed by atoms with Crippen LogP contribution in [0.25, 0.3) is 11.0 Å². The summed E-state index contributed by atoms with van der Waals surface area (Å²) in [5.41, 5.74) is 2.05. The third-order valence-electron chi connectivity index (χ3n) is 3.97. The summed E-state index contributed by atoms with van der Waals surface area (Å²) in [7, 11) is 0. The van der Waals surface area contributed by atoms with Crippen molar-refractivity contribution < 1.29 is 5.11 Å². The molecule has 2 atom stereocenters. The molecule has 0 aromatic carbocycles. The van der Waals surface area contributed by atoms with Crippen LogP contribution in [-0.4, -0.2) is 44.2 Å². The number of nitrogens with zero attached hydrogens (tertiary/aromatic N) is 2. The minimum Gasteiger partial charge on any atom is -0.391 e. The van der Waals surface area contributed by atoms with Gasteiger partial charge in [0.15, 0.2) is 0 Å². The number of allylic oxidation sites excluding steroid dienone is 1. The molecule has 0 spiro atoms. The zero-order chi connectivity index (χ0) is 14.8. The van der Waals surface area contributed by atoms with Crippen LogP contribution in [0.3, 0.4) is 0 Å². The highest BCUT2D eigenvalue weighted by Crippen LogP contribution is 2.22. The fourth-order valence-electron chi connectivity index (χ4n) is 2.89. The van der Waals surface area contributed by atoms with Crippen LogP contribution in [-0.2, 0) is 6.54 Å². The van der Waals surface area contributed by atoms with E-state index in [0.717, 1.165) is 18.5 Å². The van der Waals surface area contributed by atoms with Gasteiger partial charge in [0.25, 0.3) is 5.56 Å². The molecule has 21 heavy (non-hydrogen) atoms. The second kappa shape index (κ2) is 5.83. The fraction of sp³-hybridized carbons (Fsp3) is 0.467. The maximum Gasteiger partial charge on any atom is 0.275 e. The van der Waals surface area contributed by atoms with E-state index in [1.54, 1.807) is 0 Å². The first-order valence-corrected chi connectivity index (χ1v) is 7.29. The lowest BCUT2D eigenvalue weighted by Gasteiger charge is -2.13. The Balaban J connectivity index is 1.76. The Morgan fingerprint density at radius 1 is 1.48 bits per heavy atom. The Morgan fingerprint density at radius 2 is 2.33 bits per heavy atom. The van der Waals surface area contributed by atoms with Crippen molar-refractivity contribution in [3.8, 4) is 0 Å². The Morgan fingerprint density at radius 3 is 3.14 bits per heavy atom. The monoisotopic (exact) mass is 288 g/mol. The smallest absolute Gasteiger partial charge is 0.275 e. The lowest BCUT2D eigenvalue weighted by atomic mass is 10.1. The van der Waals surface area contributed by atoms with E-state index < -0.39 is 0 Å². The summed E-state index contributed by atoms with van der Waals surface area (Å²) in [6.45, 7) is 4.25. The van der Waals surface area contributed by atoms with Crippen LogP contribution in [0.2, 0.25) is 0 Å². The standard InChI is InChI=1S/C15H20N4O2/c1-2-3-4-10-6-19(8-12(10)20)7-11-5-16-14-13(11)17-9-18-15(14)21/h3-5,9-10,12,16,20H,2,6-8H2,1H3,(H,17,18,21). The molecule has 3 rings (SSSR count). The SMILES string of the molecule is CCC=CC1CN(Cc2c[nH]c3c(=O)[nH]cnc23)CC1O. The van der Waals surface area contributed by atoms with Crippen LogP contribution < -0.4 is 5.56 Å². The van der Waals surface area contributed by atoms with Gasteiger partial charge in [-0.2, -0.15) is 0 Å². The molecule has 1 saturated heterocycles. The van der Waals surface area contributed by atoms with E-state index in [1.165, 1.54) is 6.33 Å². The van der Waals surface area contributed by atoms with Gasteiger partial charge in [-0.05, 0) is 6.42 Å². The number of aromatic nitrogens is 3. The maximum atomic E-state index is 11.7. The van der Waals surface area contributed by atoms with Gasteiger partial charge < -0.3 is 15.1 Å². The summed E-state index contributed by atoms with van der Waals surface area (Å²) in [4.78, 5) is 23.6. The summed E-state index contributed by atoms with van der Waals surface area (Å²) in [6, 6.07) is 0. The first kappa shape index (κ1) is 14.0. The first-order chi connectivity index (χ1) is 10.2. The van der Waals surface area contributed by atoms with Gasteiger partial charge in [0.1, 0.15) is 5.52 Å². The second-order valence-electron chi connectivity index (χ2n) is 5.53. The molecule has 1 aliphatic rings. The molecule has 0 aliphatic carbocycles. The van der Waals surface area contributed by atoms with Crippen LogP contribution in [0.15, 0.2) is 29.5 Å². The highest BCUT2D eigenvalue weighted by molar-refractivity contribution is 5.77. The largest absolute Gasteiger partial charge is 0.391 e. The summed E-state index contributed by atoms with van der Waals surface area (Å²) >= 11 is 0. The maximum absolute atomic E-state index is 11.7. The summed E-state index contributed by atoms with van der Waals surface area (Å²) in [5.74, 6) is 0.187. The van der Waals surface area contributed by atoms with Crippen LogP contribution in [0.4, 0.5) is 0 Å². The van der Waals surface area contributed by atoms with E-state index in [0.29, 0.717) is 24.1 Å². The van der Waals surface area contributed by atoms with Crippen molar-refractivity contribution in [2.45, 2.75) is 26.0 Å². The van der Waals surface area contributed by atoms with Crippen LogP contribution in [0, 0.1) is 5.92 Å². The van der Waals surface area contributed by atoms with Gasteiger partial charge >= 0.3 is 0 Å². The number of aliphatic hydroxyl groups excluding tert-OH is 1. The average Bonchev–Trinajstić information content (AvgIpc) is 3.02. The number of likely N-dealkylation sites (tertiary alicyclic amines) is 1. The molecule has 6 heteroatoms. The molecule has 0 amide bonds. The fourth-order valence-corrected chi connectivity index (χ4v) is 2.89. The Labute approximate surface area is 122 Å². The van der Waals surface area contributed by atoms with E-state index >= 15 is 0 Å². The molecular weight excluding hydrogens is 268 g/mol. The van der Waals surface area contributed by atoms with Gasteiger partial charge in [0.2, 0.25) is 0 Å². The van der Waals surface area contributed by atoms with E-state index in [9.17, 15) is 9.90 Å². The van der Waals surface area contributed by atoms with Crippen molar-refractivity contribution in [1.82, 2.24) is 19.9 Å². The average molecular weight is 288 g/mol. The molecule has 0 saturated carbocycles. The van der Waals surface area contributed by atoms with Crippen LogP contribution >= 0.6 is 0 Å². The number of hydrogen-bond acceptors (Lipinski definition) is 4. The minimum atomic E-state index is -0.325. The number of H-pyrrole nitrogens is 2. The van der Waals surface area contributed by atoms with E-state index in [-0.39, 0.29) is 17.6 Å². The number of hydrogen-bond donors (Lipinski definition) is 3. The third kappa shape index (κ3) is 2.77. The Kier molecular flexibility index (Phi) is 3.90. The predicted octanol–water partition coefficient (Wildman–Crippen LogP) is 1.01. The summed E-state index contributed by atoms with van der Waals surface area (Å²) in [6.07, 6.45) is 8.11. The second-order valence-corrected chi connectivity index (χ2v) is 5.53. The predicted molar refractivity (Wildman–Crippen MR) is 80.9 cm³/mol. The quantitative estimate of drug-likeness (QED) is 0.733. The molecule has 1 aliphatic heterocycles. The topological polar surface area (TPSA) is 85.0 Å². The lowest BCUT2D eigenvalue weighted by molar-refractivity contribution is 0.156. The van der Waals surface area contributed by atoms with Crippen molar-refractivity contribution in [3.63, 3.8) is 0 Å². The Bertz CT molecular complexity index is 703. The van der Waals surface area contributed by atoms with Crippen LogP contribution in [0.1, 0.15) is 18.9 Å². The van der Waals surface area contributed by atoms with Gasteiger partial charge in [-0.15, -0.1) is 0 Å². The summed E-state index contributed by atoms with van der Waals surface area (Å²) in [5, 5.41) is 10.1.